The second-order valence-corrected chi connectivity index (χ2v) is 10.2. The number of carbonyl (C=O) groups excluding carboxylic acids is 1. The van der Waals surface area contributed by atoms with Crippen LogP contribution in [-0.2, 0) is 14.8 Å². The molecule has 1 rings (SSSR count). The summed E-state index contributed by atoms with van der Waals surface area (Å²) >= 11 is 0. The summed E-state index contributed by atoms with van der Waals surface area (Å²) in [6, 6.07) is 6.48. The molecule has 0 saturated heterocycles. The molecule has 0 saturated carbocycles. The van der Waals surface area contributed by atoms with Crippen molar-refractivity contribution >= 4 is 16.1 Å². The molecule has 7 nitrogen and oxygen atoms in total. The molecular weight excluding hydrogens is 392 g/mol. The third-order valence-corrected chi connectivity index (χ3v) is 6.27. The van der Waals surface area contributed by atoms with E-state index in [2.05, 4.69) is 5.32 Å². The Hall–Kier alpha value is -1.80. The highest BCUT2D eigenvalue weighted by atomic mass is 32.2. The predicted molar refractivity (Wildman–Crippen MR) is 115 cm³/mol. The molecule has 29 heavy (non-hydrogen) atoms. The normalized spacial score (nSPS) is 12.3. The van der Waals surface area contributed by atoms with Crippen molar-refractivity contribution < 1.29 is 22.7 Å². The van der Waals surface area contributed by atoms with Gasteiger partial charge in [-0.2, -0.15) is 4.31 Å². The van der Waals surface area contributed by atoms with E-state index in [1.165, 1.54) is 0 Å². The minimum absolute atomic E-state index is 0.198. The maximum Gasteiger partial charge on any atom is 0.407 e. The molecule has 0 aliphatic carbocycles. The Bertz CT molecular complexity index is 730. The Balaban J connectivity index is 2.84. The Morgan fingerprint density at radius 3 is 2.34 bits per heavy atom. The molecule has 0 unspecified atom stereocenters. The van der Waals surface area contributed by atoms with E-state index in [-0.39, 0.29) is 16.2 Å². The van der Waals surface area contributed by atoms with Crippen LogP contribution in [0.1, 0.15) is 47.5 Å². The molecule has 0 fully saturated rings. The van der Waals surface area contributed by atoms with E-state index in [9.17, 15) is 13.2 Å². The number of carbonyl (C=O) groups is 1. The van der Waals surface area contributed by atoms with Gasteiger partial charge in [0.25, 0.3) is 0 Å². The van der Waals surface area contributed by atoms with Crippen molar-refractivity contribution in [1.82, 2.24) is 9.62 Å². The molecule has 0 atom stereocenters. The summed E-state index contributed by atoms with van der Waals surface area (Å²) in [4.78, 5) is 11.6. The maximum atomic E-state index is 13.2. The average molecular weight is 429 g/mol. The van der Waals surface area contributed by atoms with Gasteiger partial charge in [-0.05, 0) is 55.4 Å². The summed E-state index contributed by atoms with van der Waals surface area (Å²) in [5.74, 6) is 0.818. The van der Waals surface area contributed by atoms with E-state index in [0.717, 1.165) is 12.8 Å². The Kier molecular flexibility index (Phi) is 9.92. The first-order valence-electron chi connectivity index (χ1n) is 10.1. The number of alkyl carbamates (subject to hydrolysis) is 1. The van der Waals surface area contributed by atoms with Crippen LogP contribution in [0.15, 0.2) is 29.2 Å². The fourth-order valence-electron chi connectivity index (χ4n) is 3.05. The van der Waals surface area contributed by atoms with Crippen molar-refractivity contribution in [2.75, 3.05) is 33.4 Å². The topological polar surface area (TPSA) is 84.9 Å². The first-order valence-corrected chi connectivity index (χ1v) is 11.5. The van der Waals surface area contributed by atoms with Gasteiger partial charge in [-0.15, -0.1) is 0 Å². The molecule has 8 heteroatoms. The van der Waals surface area contributed by atoms with Crippen molar-refractivity contribution in [3.8, 4) is 5.75 Å². The van der Waals surface area contributed by atoms with Gasteiger partial charge in [-0.1, -0.05) is 27.7 Å². The molecule has 0 aliphatic rings. The molecule has 0 aliphatic heterocycles. The summed E-state index contributed by atoms with van der Waals surface area (Å²) in [6.07, 6.45) is 1.09. The molecule has 0 aromatic heterocycles. The standard InChI is InChI=1S/C21H36N2O5S/c1-7-28-20(24)22-14-8-13-21(4,5)16-23(15-17(2)3)29(25,26)19-11-9-18(27-6)10-12-19/h9-12,17H,7-8,13-16H2,1-6H3,(H,22,24). The highest BCUT2D eigenvalue weighted by Crippen LogP contribution is 2.28. The molecule has 166 valence electrons. The van der Waals surface area contributed by atoms with Crippen molar-refractivity contribution in [3.63, 3.8) is 0 Å². The summed E-state index contributed by atoms with van der Waals surface area (Å²) in [5, 5.41) is 2.70. The fraction of sp³-hybridized carbons (Fsp3) is 0.667. The van der Waals surface area contributed by atoms with E-state index < -0.39 is 16.1 Å². The van der Waals surface area contributed by atoms with Crippen LogP contribution >= 0.6 is 0 Å². The quantitative estimate of drug-likeness (QED) is 0.511. The van der Waals surface area contributed by atoms with Crippen LogP contribution in [0.4, 0.5) is 4.79 Å². The van der Waals surface area contributed by atoms with Crippen LogP contribution in [0, 0.1) is 11.3 Å². The number of nitrogens with one attached hydrogen (secondary N) is 1. The number of methoxy groups -OCH3 is 1. The van der Waals surface area contributed by atoms with Crippen molar-refractivity contribution in [2.24, 2.45) is 11.3 Å². The van der Waals surface area contributed by atoms with Crippen molar-refractivity contribution in [2.45, 2.75) is 52.4 Å². The number of hydrogen-bond donors (Lipinski definition) is 1. The van der Waals surface area contributed by atoms with E-state index in [0.29, 0.717) is 32.0 Å². The lowest BCUT2D eigenvalue weighted by molar-refractivity contribution is 0.151. The molecular formula is C21H36N2O5S. The number of nitrogens with zero attached hydrogens (tertiary/aromatic N) is 1. The van der Waals surface area contributed by atoms with Gasteiger partial charge < -0.3 is 14.8 Å². The Morgan fingerprint density at radius 1 is 1.21 bits per heavy atom. The molecule has 0 bridgehead atoms. The maximum absolute atomic E-state index is 13.2. The van der Waals surface area contributed by atoms with Crippen LogP contribution in [0.5, 0.6) is 5.75 Å². The number of amides is 1. The molecule has 0 spiro atoms. The molecule has 1 aromatic rings. The lowest BCUT2D eigenvalue weighted by Gasteiger charge is -2.33. The van der Waals surface area contributed by atoms with Gasteiger partial charge in [0.1, 0.15) is 5.75 Å². The first kappa shape index (κ1) is 25.2. The summed E-state index contributed by atoms with van der Waals surface area (Å²) in [5.41, 5.74) is -0.245. The number of benzene rings is 1. The van der Waals surface area contributed by atoms with Gasteiger partial charge in [0, 0.05) is 19.6 Å². The Labute approximate surface area is 175 Å². The predicted octanol–water partition coefficient (Wildman–Crippen LogP) is 3.89. The zero-order valence-corrected chi connectivity index (χ0v) is 19.3. The first-order chi connectivity index (χ1) is 13.5. The average Bonchev–Trinajstić information content (AvgIpc) is 2.64. The zero-order chi connectivity index (χ0) is 22.1. The highest BCUT2D eigenvalue weighted by Gasteiger charge is 2.31. The second kappa shape index (κ2) is 11.4. The molecule has 0 radical (unpaired) electrons. The summed E-state index contributed by atoms with van der Waals surface area (Å²) < 4.78 is 38.0. The van der Waals surface area contributed by atoms with Crippen LogP contribution in [0.3, 0.4) is 0 Å². The summed E-state index contributed by atoms with van der Waals surface area (Å²) in [7, 11) is -2.07. The van der Waals surface area contributed by atoms with E-state index in [4.69, 9.17) is 9.47 Å². The SMILES string of the molecule is CCOC(=O)NCCCC(C)(C)CN(CC(C)C)S(=O)(=O)c1ccc(OC)cc1. The van der Waals surface area contributed by atoms with Crippen LogP contribution in [0.25, 0.3) is 0 Å². The third kappa shape index (κ3) is 8.62. The summed E-state index contributed by atoms with van der Waals surface area (Å²) in [6.45, 7) is 11.6. The van der Waals surface area contributed by atoms with Gasteiger partial charge >= 0.3 is 6.09 Å². The fourth-order valence-corrected chi connectivity index (χ4v) is 4.84. The van der Waals surface area contributed by atoms with Gasteiger partial charge in [0.05, 0.1) is 18.6 Å². The molecule has 0 heterocycles. The molecule has 1 N–H and O–H groups in total. The molecule has 1 aromatic carbocycles. The van der Waals surface area contributed by atoms with Gasteiger partial charge in [0.2, 0.25) is 10.0 Å². The van der Waals surface area contributed by atoms with Gasteiger partial charge in [-0.25, -0.2) is 13.2 Å². The monoisotopic (exact) mass is 428 g/mol. The van der Waals surface area contributed by atoms with E-state index in [1.807, 2.05) is 27.7 Å². The van der Waals surface area contributed by atoms with Crippen LogP contribution < -0.4 is 10.1 Å². The smallest absolute Gasteiger partial charge is 0.407 e. The Morgan fingerprint density at radius 2 is 1.83 bits per heavy atom. The number of rotatable bonds is 12. The van der Waals surface area contributed by atoms with Crippen molar-refractivity contribution in [1.29, 1.82) is 0 Å². The van der Waals surface area contributed by atoms with Gasteiger partial charge in [-0.3, -0.25) is 0 Å². The van der Waals surface area contributed by atoms with E-state index in [1.54, 1.807) is 42.6 Å². The highest BCUT2D eigenvalue weighted by molar-refractivity contribution is 7.89. The largest absolute Gasteiger partial charge is 0.497 e. The second-order valence-electron chi connectivity index (χ2n) is 8.28. The van der Waals surface area contributed by atoms with Gasteiger partial charge in [0.15, 0.2) is 0 Å². The number of sulfonamides is 1. The minimum Gasteiger partial charge on any atom is -0.497 e. The van der Waals surface area contributed by atoms with E-state index >= 15 is 0 Å². The lowest BCUT2D eigenvalue weighted by Crippen LogP contribution is -2.41. The lowest BCUT2D eigenvalue weighted by atomic mass is 9.87. The zero-order valence-electron chi connectivity index (χ0n) is 18.5. The van der Waals surface area contributed by atoms with Crippen molar-refractivity contribution in [3.05, 3.63) is 24.3 Å². The third-order valence-electron chi connectivity index (χ3n) is 4.45. The number of hydrogen-bond acceptors (Lipinski definition) is 5. The minimum atomic E-state index is -3.62. The van der Waals surface area contributed by atoms with Crippen LogP contribution in [-0.4, -0.2) is 52.2 Å². The van der Waals surface area contributed by atoms with Crippen LogP contribution in [0.2, 0.25) is 0 Å². The number of ether oxygens (including phenoxy) is 2. The molecule has 1 amide bonds.